The third kappa shape index (κ3) is 33.7. The van der Waals surface area contributed by atoms with Gasteiger partial charge in [0.1, 0.15) is 12.6 Å². The number of rotatable bonds is 34. The van der Waals surface area contributed by atoms with E-state index in [0.717, 1.165) is 0 Å². The monoisotopic (exact) mass is 757 g/mol. The molecule has 0 rings (SSSR count). The van der Waals surface area contributed by atoms with Crippen LogP contribution < -0.4 is 5.73 Å². The van der Waals surface area contributed by atoms with E-state index in [-0.39, 0.29) is 29.6 Å². The molecule has 0 aliphatic heterocycles. The van der Waals surface area contributed by atoms with Crippen LogP contribution in [0.15, 0.2) is 0 Å². The van der Waals surface area contributed by atoms with Crippen molar-refractivity contribution in [3.05, 3.63) is 0 Å². The number of phosphoric acid groups is 1. The Hall–Kier alpha value is -0.520. The Morgan fingerprint density at radius 3 is 1.47 bits per heavy atom. The van der Waals surface area contributed by atoms with Crippen LogP contribution >= 0.6 is 7.82 Å². The number of phosphoric ester groups is 1. The number of esters is 2. The van der Waals surface area contributed by atoms with E-state index in [9.17, 15) is 23.8 Å². The number of carbonyl (C=O) groups is 3. The van der Waals surface area contributed by atoms with E-state index in [1.165, 1.54) is 0 Å². The first kappa shape index (κ1) is 9.91. The van der Waals surface area contributed by atoms with Crippen LogP contribution in [0.1, 0.15) is 241 Å². The summed E-state index contributed by atoms with van der Waals surface area (Å²) in [6.07, 6.45) is -128. The maximum Gasteiger partial charge on any atom is 0.472 e. The second-order valence-corrected chi connectivity index (χ2v) is 8.08. The molecule has 13 heteroatoms. The van der Waals surface area contributed by atoms with Gasteiger partial charge in [0.2, 0.25) is 0 Å². The van der Waals surface area contributed by atoms with Crippen LogP contribution in [0.5, 0.6) is 0 Å². The summed E-state index contributed by atoms with van der Waals surface area (Å²) in [4.78, 5) is 48.8. The number of hydrogen-bond acceptors (Lipinski definition) is 9. The number of aliphatic carboxylic acids is 1. The number of ether oxygens (including phenoxy) is 2. The average Bonchev–Trinajstić information content (AvgIpc) is 0.687. The minimum Gasteiger partial charge on any atom is -0.480 e. The van der Waals surface area contributed by atoms with Crippen molar-refractivity contribution >= 4 is 55.3 Å². The van der Waals surface area contributed by atoms with Crippen LogP contribution in [-0.4, -0.2) is 89.4 Å². The second kappa shape index (κ2) is 34.0. The summed E-state index contributed by atoms with van der Waals surface area (Å²) in [5, 5.41) is 9.01. The van der Waals surface area contributed by atoms with Gasteiger partial charge >= 0.3 is 25.7 Å². The molecule has 0 spiro atoms. The van der Waals surface area contributed by atoms with Gasteiger partial charge in [0.15, 0.2) is 6.10 Å². The molecule has 3 atom stereocenters. The molecule has 0 aliphatic carbocycles. The molecule has 0 bridgehead atoms. The first-order chi connectivity index (χ1) is 42.5. The van der Waals surface area contributed by atoms with E-state index in [1.54, 1.807) is 0 Å². The van der Waals surface area contributed by atoms with Gasteiger partial charge in [0.25, 0.3) is 0 Å². The van der Waals surface area contributed by atoms with Crippen molar-refractivity contribution < 1.29 is 121 Å². The van der Waals surface area contributed by atoms with E-state index < -0.39 is 224 Å². The van der Waals surface area contributed by atoms with Crippen molar-refractivity contribution in [3.63, 3.8) is 0 Å². The van der Waals surface area contributed by atoms with Gasteiger partial charge in [0.05, 0.1) is 13.2 Å². The van der Waals surface area contributed by atoms with Crippen LogP contribution in [-0.2, 0) is 37.5 Å². The van der Waals surface area contributed by atoms with Crippen molar-refractivity contribution in [1.82, 2.24) is 0 Å². The SMILES string of the molecule is [2H]C([2H])([2H])C([2H])([2H])C([2H])([2H])C([2H])([2H])C([2H])([2H])C([2H])([2H])C([2H])([2H])C([2H])([2H])C([2H])([2H])C([2H])([2H])C([2H])([2H])C([2H])([2H])C([2H])([2H])C(=O)OC[C@H](COP(=O)(O)OC[C@H](N)C(=O)O)OC(=O)C([2H])([2H])C([2H])([2H])C([2H])([2H])C([2H])([2H])C([2H])([2H])C([2H])([2H])C([2H])([2H])C([2H])([2H])C([2H])([2H])C([2H])([2H])C([2H])([2H])C([2H])([2H])C([2H])([2H])[2H].[Na]. The smallest absolute Gasteiger partial charge is 0.472 e. The van der Waals surface area contributed by atoms with Gasteiger partial charge in [-0.2, -0.15) is 0 Å². The normalized spacial score (nSPS) is 38.6. The number of hydrogen-bond donors (Lipinski definition) is 3. The second-order valence-electron chi connectivity index (χ2n) is 6.63. The molecule has 0 fully saturated rings. The molecule has 1 radical (unpaired) electrons. The minimum absolute atomic E-state index is 0. The summed E-state index contributed by atoms with van der Waals surface area (Å²) in [7, 11) is -5.97. The minimum atomic E-state index is -5.97. The Morgan fingerprint density at radius 2 is 1.04 bits per heavy atom. The molecular weight excluding hydrogens is 636 g/mol. The first-order valence-electron chi connectivity index (χ1n) is 38.4. The summed E-state index contributed by atoms with van der Waals surface area (Å²) >= 11 is 0. The first-order valence-corrected chi connectivity index (χ1v) is 12.9. The van der Waals surface area contributed by atoms with E-state index in [2.05, 4.69) is 18.5 Å². The zero-order valence-corrected chi connectivity index (χ0v) is 26.9. The van der Waals surface area contributed by atoms with Crippen molar-refractivity contribution in [3.8, 4) is 0 Å². The third-order valence-electron chi connectivity index (χ3n) is 3.41. The molecule has 4 N–H and O–H groups in total. The maximum absolute atomic E-state index is 13.8. The van der Waals surface area contributed by atoms with Crippen LogP contribution in [0.4, 0.5) is 0 Å². The van der Waals surface area contributed by atoms with Gasteiger partial charge in [0, 0.05) is 116 Å². The fraction of sp³-hybridized carbons (Fsp3) is 0.912. The molecule has 0 aromatic rings. The van der Waals surface area contributed by atoms with E-state index in [0.29, 0.717) is 0 Å². The van der Waals surface area contributed by atoms with Crippen molar-refractivity contribution in [2.45, 2.75) is 179 Å². The van der Waals surface area contributed by atoms with E-state index in [4.69, 9.17) is 84.9 Å². The maximum atomic E-state index is 13.8. The summed E-state index contributed by atoms with van der Waals surface area (Å²) in [5.74, 6) is -8.16. The Labute approximate surface area is 382 Å². The largest absolute Gasteiger partial charge is 0.480 e. The molecule has 0 saturated heterocycles. The van der Waals surface area contributed by atoms with Gasteiger partial charge in [-0.25, -0.2) is 4.57 Å². The van der Waals surface area contributed by atoms with Gasteiger partial charge in [-0.15, -0.1) is 0 Å². The Balaban J connectivity index is 0. The number of carboxylic acids is 1. The molecule has 0 aliphatic rings. The molecule has 273 valence electrons. The Kier molecular flexibility index (Phi) is 7.16. The van der Waals surface area contributed by atoms with Crippen LogP contribution in [0.3, 0.4) is 0 Å². The fourth-order valence-corrected chi connectivity index (χ4v) is 2.47. The van der Waals surface area contributed by atoms with E-state index in [1.807, 2.05) is 0 Å². The molecule has 0 saturated carbocycles. The molecule has 0 aromatic carbocycles. The van der Waals surface area contributed by atoms with Crippen LogP contribution in [0, 0.1) is 0 Å². The van der Waals surface area contributed by atoms with Gasteiger partial charge in [-0.05, 0) is 12.7 Å². The summed E-state index contributed by atoms with van der Waals surface area (Å²) in [6, 6.07) is -2.22. The standard InChI is InChI=1S/C34H66NO10P.Na/c1-3-5-7-9-11-13-15-17-19-21-23-25-32(36)42-27-30(28-43-46(40,41)44-29-31(35)34(38)39)45-33(37)26-24-22-20-18-16-14-12-10-8-6-4-2;/h30-31H,3-29,35H2,1-2H3,(H,38,39)(H,40,41);/t30-,31+;/m1./s1/i1D3,2D3,3D2,4D2,5D2,6D2,7D2,8D2,9D2,10D2,11D2,12D2,13D2,14D2,15D2,16D2,17D2,18D2,19D2,20D2,21D2,22D2,23D2,24D2,25D2,26D2;. The van der Waals surface area contributed by atoms with Gasteiger partial charge in [-0.1, -0.05) is 141 Å². The number of carboxylic acid groups (broad SMARTS) is 1. The topological polar surface area (TPSA) is 172 Å². The summed E-state index contributed by atoms with van der Waals surface area (Å²) in [5.41, 5.74) is 5.15. The molecule has 47 heavy (non-hydrogen) atoms. The average molecular weight is 757 g/mol. The number of nitrogens with two attached hydrogens (primary N) is 1. The summed E-state index contributed by atoms with van der Waals surface area (Å²) < 4.78 is 469. The molecule has 1 unspecified atom stereocenters. The van der Waals surface area contributed by atoms with Crippen molar-refractivity contribution in [1.29, 1.82) is 0 Å². The predicted octanol–water partition coefficient (Wildman–Crippen LogP) is 8.01. The molecule has 0 aromatic heterocycles. The van der Waals surface area contributed by atoms with Crippen LogP contribution in [0.25, 0.3) is 0 Å². The Bertz CT molecular complexity index is 3030. The molecular formula is C34H66NNaO10P. The summed E-state index contributed by atoms with van der Waals surface area (Å²) in [6.45, 7) is -14.5. The fourth-order valence-electron chi connectivity index (χ4n) is 1.69. The molecule has 0 heterocycles. The Morgan fingerprint density at radius 1 is 0.660 bits per heavy atom. The number of carbonyl (C=O) groups excluding carboxylic acids is 2. The predicted molar refractivity (Wildman–Crippen MR) is 186 cm³/mol. The van der Waals surface area contributed by atoms with Crippen molar-refractivity contribution in [2.75, 3.05) is 19.8 Å². The molecule has 0 amide bonds. The van der Waals surface area contributed by atoms with Crippen molar-refractivity contribution in [2.24, 2.45) is 5.73 Å². The molecule has 11 nitrogen and oxygen atoms in total. The third-order valence-corrected chi connectivity index (χ3v) is 4.36. The zero-order valence-electron chi connectivity index (χ0n) is 78.0. The van der Waals surface area contributed by atoms with Gasteiger partial charge < -0.3 is 25.2 Å². The zero-order chi connectivity index (χ0) is 82.3. The quantitative estimate of drug-likeness (QED) is 0.0330. The van der Waals surface area contributed by atoms with Crippen LogP contribution in [0.2, 0.25) is 0 Å². The van der Waals surface area contributed by atoms with Gasteiger partial charge in [-0.3, -0.25) is 23.4 Å². The van der Waals surface area contributed by atoms with E-state index >= 15 is 0 Å².